The second kappa shape index (κ2) is 68.4. The first kappa shape index (κ1) is 152. The van der Waals surface area contributed by atoms with E-state index in [2.05, 4.69) is 464 Å². The van der Waals surface area contributed by atoms with Crippen molar-refractivity contribution in [1.29, 1.82) is 0 Å². The zero-order valence-corrected chi connectivity index (χ0v) is 102. The van der Waals surface area contributed by atoms with E-state index in [9.17, 15) is 13.2 Å². The van der Waals surface area contributed by atoms with Gasteiger partial charge in [-0.3, -0.25) is 4.79 Å². The largest absolute Gasteiger partial charge is 0.316 e. The zero-order valence-electron chi connectivity index (χ0n) is 101. The maximum absolute atomic E-state index is 11.5. The molecule has 0 amide bonds. The van der Waals surface area contributed by atoms with Gasteiger partial charge in [-0.05, 0) is 176 Å². The van der Waals surface area contributed by atoms with Crippen LogP contribution in [0, 0.1) is 115 Å². The van der Waals surface area contributed by atoms with Gasteiger partial charge in [-0.25, -0.2) is 5.14 Å². The van der Waals surface area contributed by atoms with Gasteiger partial charge in [0, 0.05) is 59.2 Å². The van der Waals surface area contributed by atoms with Gasteiger partial charge in [0.15, 0.2) is 0 Å². The summed E-state index contributed by atoms with van der Waals surface area (Å²) in [5.74, 6) is 3.23. The van der Waals surface area contributed by atoms with Crippen LogP contribution in [-0.4, -0.2) is 121 Å². The van der Waals surface area contributed by atoms with Crippen LogP contribution in [0.3, 0.4) is 0 Å². The SMILES string of the molecule is CC(C)(C)C1CNC1.CC(C)(C)CC(=O)CC1(C)CC1.CCC(C)(C)C.CCC(C)(C)C.CCC(C)(C)C.CCC(C)(C)C.CCC(C)(C)C.CCC(C)(C)C.CCC(C)(C)C.CCC(C)(C)C.CCC(C)(C)C.CCC(C)(C)C.CCCC(C)(C)C.CN(C)CC(C)(C)C.CN(CC(C)(C)C)S(N)(=O)=O.CN1CC(C(C)(C)C)C1.CN1CC(C(C)(C)C)C1. The molecule has 4 rings (SSSR count). The van der Waals surface area contributed by atoms with Crippen LogP contribution in [0.5, 0.6) is 0 Å². The average molecular weight is 1790 g/mol. The van der Waals surface area contributed by atoms with Crippen molar-refractivity contribution in [2.24, 2.45) is 120 Å². The molecule has 0 unspecified atom stereocenters. The molecule has 3 N–H and O–H groups in total. The molecule has 3 heterocycles. The van der Waals surface area contributed by atoms with Crippen molar-refractivity contribution in [3.05, 3.63) is 0 Å². The quantitative estimate of drug-likeness (QED) is 0.262. The fourth-order valence-electron chi connectivity index (χ4n) is 7.37. The van der Waals surface area contributed by atoms with Crippen LogP contribution in [0.15, 0.2) is 0 Å². The summed E-state index contributed by atoms with van der Waals surface area (Å²) in [5, 5.41) is 8.15. The fraction of sp³-hybridized carbons (Fsp3) is 0.991. The molecule has 9 nitrogen and oxygen atoms in total. The average Bonchev–Trinajstić information content (AvgIpc) is 1.57. The Balaban J connectivity index is -0.0000000965. The van der Waals surface area contributed by atoms with Gasteiger partial charge in [0.25, 0.3) is 10.2 Å². The van der Waals surface area contributed by atoms with Crippen molar-refractivity contribution in [2.45, 2.75) is 539 Å². The lowest BCUT2D eigenvalue weighted by atomic mass is 9.76. The number of nitrogens with two attached hydrogens (primary N) is 1. The van der Waals surface area contributed by atoms with Crippen molar-refractivity contribution >= 4 is 16.0 Å². The highest BCUT2D eigenvalue weighted by Gasteiger charge is 2.40. The van der Waals surface area contributed by atoms with Crippen molar-refractivity contribution < 1.29 is 13.2 Å². The van der Waals surface area contributed by atoms with Crippen molar-refractivity contribution in [2.75, 3.05) is 87.6 Å². The van der Waals surface area contributed by atoms with Gasteiger partial charge in [0.1, 0.15) is 5.78 Å². The summed E-state index contributed by atoms with van der Waals surface area (Å²) < 4.78 is 22.6. The Labute approximate surface area is 795 Å². The first-order valence-electron chi connectivity index (χ1n) is 50.6. The standard InChI is InChI=1S/C11H20O.2C8H17N.C7H15N.C7H17N.C7H16.C6H16N2O2S.10C6H14/c1-10(2,3)7-9(12)8-11(4)5-6-11;2*1-8(2,3)7-5-9(4)6-7;1-7(2,3)6-4-8-5-6;1-7(2,3)6-8(4)5;1-5-6-7(2,3)4;1-6(2,3)5-8(4)11(7,9)10;10*1-5-6(2,3)4/h5-8H2,1-4H3;2*7H,5-6H2,1-4H3;6,8H,4-5H2,1-3H3;6H2,1-5H3;5-6H2,1-4H3;5H2,1-4H3,(H2,7,9,10);10*5H2,1-4H3. The van der Waals surface area contributed by atoms with E-state index >= 15 is 0 Å². The van der Waals surface area contributed by atoms with Gasteiger partial charge in [-0.1, -0.05) is 507 Å². The minimum atomic E-state index is -3.50. The molecule has 1 saturated carbocycles. The number of likely N-dealkylation sites (tertiary alicyclic amines) is 2. The van der Waals surface area contributed by atoms with Crippen LogP contribution in [0.25, 0.3) is 0 Å². The van der Waals surface area contributed by atoms with E-state index in [0.29, 0.717) is 99.0 Å². The van der Waals surface area contributed by atoms with Crippen LogP contribution in [0.1, 0.15) is 539 Å². The molecule has 4 aliphatic rings. The van der Waals surface area contributed by atoms with Crippen LogP contribution >= 0.6 is 0 Å². The monoisotopic (exact) mass is 1790 g/mol. The number of hydrogen-bond donors (Lipinski definition) is 2. The molecule has 1 aliphatic carbocycles. The topological polar surface area (TPSA) is 102 Å². The number of ketones is 1. The van der Waals surface area contributed by atoms with E-state index in [0.717, 1.165) is 41.4 Å². The van der Waals surface area contributed by atoms with Crippen molar-refractivity contribution in [3.8, 4) is 0 Å². The van der Waals surface area contributed by atoms with E-state index in [4.69, 9.17) is 5.14 Å². The first-order valence-corrected chi connectivity index (χ1v) is 52.1. The molecule has 124 heavy (non-hydrogen) atoms. The molecule has 0 atom stereocenters. The van der Waals surface area contributed by atoms with Crippen molar-refractivity contribution in [3.63, 3.8) is 0 Å². The van der Waals surface area contributed by atoms with Crippen LogP contribution in [0.2, 0.25) is 0 Å². The Morgan fingerprint density at radius 2 is 0.508 bits per heavy atom. The molecule has 768 valence electrons. The Bertz CT molecular complexity index is 2190. The summed E-state index contributed by atoms with van der Waals surface area (Å²) in [6.07, 6.45) is 19.4. The Hall–Kier alpha value is -0.620. The van der Waals surface area contributed by atoms with Crippen molar-refractivity contribution in [1.82, 2.24) is 24.3 Å². The van der Waals surface area contributed by atoms with Gasteiger partial charge in [-0.2, -0.15) is 12.7 Å². The smallest absolute Gasteiger partial charge is 0.276 e. The zero-order chi connectivity index (χ0) is 104. The third kappa shape index (κ3) is 161. The summed E-state index contributed by atoms with van der Waals surface area (Å²) in [6, 6.07) is 0. The van der Waals surface area contributed by atoms with Gasteiger partial charge < -0.3 is 20.0 Å². The second-order valence-corrected chi connectivity index (χ2v) is 59.8. The molecule has 3 aliphatic heterocycles. The minimum absolute atomic E-state index is 0.0544. The molecule has 10 heteroatoms. The van der Waals surface area contributed by atoms with E-state index in [-0.39, 0.29) is 10.8 Å². The molecular formula is C114H258N6O3S. The predicted octanol–water partition coefficient (Wildman–Crippen LogP) is 36.6. The Kier molecular flexibility index (Phi) is 83.6. The van der Waals surface area contributed by atoms with Gasteiger partial charge in [-0.15, -0.1) is 0 Å². The van der Waals surface area contributed by atoms with Gasteiger partial charge >= 0.3 is 0 Å². The number of nitrogens with zero attached hydrogens (tertiary/aromatic N) is 4. The molecule has 0 bridgehead atoms. The highest BCUT2D eigenvalue weighted by molar-refractivity contribution is 7.86. The number of nitrogens with one attached hydrogen (secondary N) is 1. The predicted molar refractivity (Wildman–Crippen MR) is 583 cm³/mol. The molecule has 0 aromatic carbocycles. The number of rotatable bonds is 7. The lowest BCUT2D eigenvalue weighted by Crippen LogP contribution is -2.49. The fourth-order valence-corrected chi connectivity index (χ4v) is 7.94. The molecule has 0 aromatic rings. The van der Waals surface area contributed by atoms with E-state index in [1.165, 1.54) is 136 Å². The summed E-state index contributed by atoms with van der Waals surface area (Å²) in [4.78, 5) is 18.5. The third-order valence-corrected chi connectivity index (χ3v) is 23.6. The lowest BCUT2D eigenvalue weighted by molar-refractivity contribution is -0.121. The molecule has 0 radical (unpaired) electrons. The highest BCUT2D eigenvalue weighted by atomic mass is 32.2. The van der Waals surface area contributed by atoms with Crippen LogP contribution < -0.4 is 10.5 Å². The molecule has 4 fully saturated rings. The number of carbonyl (C=O) groups excluding carboxylic acids is 1. The summed E-state index contributed by atoms with van der Waals surface area (Å²) in [6.45, 7) is 150. The number of Topliss-reactive ketones (excluding diaryl/α,β-unsaturated/α-hetero) is 1. The highest BCUT2D eigenvalue weighted by Crippen LogP contribution is 2.49. The minimum Gasteiger partial charge on any atom is -0.316 e. The lowest BCUT2D eigenvalue weighted by Gasteiger charge is -2.44. The summed E-state index contributed by atoms with van der Waals surface area (Å²) in [7, 11) is 6.54. The molecule has 0 spiro atoms. The summed E-state index contributed by atoms with van der Waals surface area (Å²) >= 11 is 0. The van der Waals surface area contributed by atoms with Crippen LogP contribution in [0.4, 0.5) is 0 Å². The van der Waals surface area contributed by atoms with Gasteiger partial charge in [0.05, 0.1) is 0 Å². The van der Waals surface area contributed by atoms with E-state index in [1.54, 1.807) is 0 Å². The van der Waals surface area contributed by atoms with E-state index < -0.39 is 10.2 Å². The third-order valence-electron chi connectivity index (χ3n) is 22.6. The van der Waals surface area contributed by atoms with Crippen LogP contribution in [-0.2, 0) is 15.0 Å². The van der Waals surface area contributed by atoms with Gasteiger partial charge in [0.2, 0.25) is 0 Å². The summed E-state index contributed by atoms with van der Waals surface area (Å²) in [5.41, 5.74) is 8.52. The number of carbonyl (C=O) groups is 1. The first-order chi connectivity index (χ1) is 53.6. The normalized spacial score (nSPS) is 15.5. The molecule has 0 aromatic heterocycles. The maximum Gasteiger partial charge on any atom is 0.276 e. The molecule has 3 saturated heterocycles. The maximum atomic E-state index is 11.5. The Morgan fingerprint density at radius 3 is 0.556 bits per heavy atom. The Morgan fingerprint density at radius 1 is 0.323 bits per heavy atom. The number of hydrogen-bond acceptors (Lipinski definition) is 7. The second-order valence-electron chi connectivity index (χ2n) is 58.2. The molecular weight excluding hydrogens is 1530 g/mol. The van der Waals surface area contributed by atoms with E-state index in [1.807, 2.05) is 20.8 Å².